The Bertz CT molecular complexity index is 873. The molecule has 1 aliphatic heterocycles. The fraction of sp³-hybridized carbons (Fsp3) is 0.630. The van der Waals surface area contributed by atoms with E-state index in [1.807, 2.05) is 6.08 Å². The van der Waals surface area contributed by atoms with Crippen LogP contribution in [0.3, 0.4) is 0 Å². The van der Waals surface area contributed by atoms with Crippen LogP contribution >= 0.6 is 0 Å². The summed E-state index contributed by atoms with van der Waals surface area (Å²) in [6.07, 6.45) is 16.8. The number of methoxy groups -OCH3 is 1. The number of allylic oxidation sites excluding steroid dienone is 1. The summed E-state index contributed by atoms with van der Waals surface area (Å²) in [4.78, 5) is 47.3. The number of hydrogen-bond acceptors (Lipinski definition) is 7. The highest BCUT2D eigenvalue weighted by Crippen LogP contribution is 2.27. The second-order valence-electron chi connectivity index (χ2n) is 9.46. The molecule has 3 unspecified atom stereocenters. The Labute approximate surface area is 207 Å². The van der Waals surface area contributed by atoms with Crippen molar-refractivity contribution in [1.82, 2.24) is 5.32 Å². The number of hydrogen-bond donors (Lipinski definition) is 1. The van der Waals surface area contributed by atoms with Gasteiger partial charge in [0.2, 0.25) is 0 Å². The zero-order valence-electron chi connectivity index (χ0n) is 20.6. The summed E-state index contributed by atoms with van der Waals surface area (Å²) in [7, 11) is 1.55. The monoisotopic (exact) mass is 487 g/mol. The van der Waals surface area contributed by atoms with E-state index in [-0.39, 0.29) is 35.5 Å². The van der Waals surface area contributed by atoms with Crippen molar-refractivity contribution in [2.75, 3.05) is 13.7 Å². The first kappa shape index (κ1) is 26.7. The average molecular weight is 488 g/mol. The quantitative estimate of drug-likeness (QED) is 0.228. The molecule has 1 saturated carbocycles. The highest BCUT2D eigenvalue weighted by molar-refractivity contribution is 6.02. The number of ether oxygens (including phenoxy) is 3. The maximum Gasteiger partial charge on any atom is 0.411 e. The number of unbranched alkanes of at least 4 members (excludes halogenated alkanes) is 7. The first-order valence-corrected chi connectivity index (χ1v) is 12.8. The van der Waals surface area contributed by atoms with Gasteiger partial charge in [-0.2, -0.15) is 0 Å². The number of fused-ring (bicyclic) bond motifs is 1. The molecule has 1 N–H and O–H groups in total. The number of carbonyl (C=O) groups is 4. The Morgan fingerprint density at radius 3 is 2.46 bits per heavy atom. The van der Waals surface area contributed by atoms with Gasteiger partial charge in [0.25, 0.3) is 0 Å². The van der Waals surface area contributed by atoms with Gasteiger partial charge in [0.05, 0.1) is 20.1 Å². The maximum absolute atomic E-state index is 12.1. The van der Waals surface area contributed by atoms with E-state index in [0.29, 0.717) is 18.8 Å². The Morgan fingerprint density at radius 2 is 1.74 bits per heavy atom. The van der Waals surface area contributed by atoms with Gasteiger partial charge in [0.1, 0.15) is 29.1 Å². The van der Waals surface area contributed by atoms with Crippen molar-refractivity contribution < 1.29 is 33.4 Å². The normalized spacial score (nSPS) is 23.7. The van der Waals surface area contributed by atoms with Crippen molar-refractivity contribution in [3.05, 3.63) is 35.8 Å². The van der Waals surface area contributed by atoms with Crippen LogP contribution in [0.15, 0.2) is 35.8 Å². The Hall–Kier alpha value is -2.90. The second-order valence-corrected chi connectivity index (χ2v) is 9.46. The van der Waals surface area contributed by atoms with Crippen LogP contribution in [0.5, 0.6) is 0 Å². The third kappa shape index (κ3) is 8.67. The molecule has 3 aliphatic rings. The minimum absolute atomic E-state index is 0.0940. The molecular weight excluding hydrogens is 450 g/mol. The van der Waals surface area contributed by atoms with Crippen LogP contribution in [0.1, 0.15) is 77.0 Å². The zero-order chi connectivity index (χ0) is 25.0. The summed E-state index contributed by atoms with van der Waals surface area (Å²) in [5.74, 6) is 0.231. The van der Waals surface area contributed by atoms with Crippen LogP contribution in [0.25, 0.3) is 0 Å². The van der Waals surface area contributed by atoms with Gasteiger partial charge in [0.15, 0.2) is 0 Å². The first-order chi connectivity index (χ1) is 17.0. The average Bonchev–Trinajstić information content (AvgIpc) is 2.83. The lowest BCUT2D eigenvalue weighted by atomic mass is 9.84. The standard InChI is InChI=1S/C27H37NO7/c1-33-22-14-12-20-16-23(26(31)35-25(20)18-22)28-27(32)34-15-9-7-5-3-2-4-6-8-10-19-11-13-21(29)17-24(19)30/h12,14,16,18-20,25H,2-11,13,15,17H2,1H3,(H,28,32). The fourth-order valence-electron chi connectivity index (χ4n) is 4.68. The number of nitrogens with one attached hydrogen (secondary N) is 1. The molecule has 0 spiro atoms. The number of alkyl carbamates (subject to hydrolysis) is 1. The van der Waals surface area contributed by atoms with E-state index in [1.54, 1.807) is 25.3 Å². The van der Waals surface area contributed by atoms with Crippen molar-refractivity contribution in [3.8, 4) is 0 Å². The molecule has 1 fully saturated rings. The molecule has 1 heterocycles. The van der Waals surface area contributed by atoms with E-state index in [2.05, 4.69) is 5.32 Å². The number of carbonyl (C=O) groups excluding carboxylic acids is 4. The van der Waals surface area contributed by atoms with Crippen LogP contribution < -0.4 is 5.32 Å². The predicted octanol–water partition coefficient (Wildman–Crippen LogP) is 4.69. The van der Waals surface area contributed by atoms with Crippen LogP contribution in [-0.4, -0.2) is 43.4 Å². The molecular formula is C27H37NO7. The molecule has 3 rings (SSSR count). The van der Waals surface area contributed by atoms with Crippen LogP contribution in [0, 0.1) is 11.8 Å². The number of esters is 1. The molecule has 3 atom stereocenters. The van der Waals surface area contributed by atoms with Crippen LogP contribution in [0.4, 0.5) is 4.79 Å². The van der Waals surface area contributed by atoms with Crippen molar-refractivity contribution in [1.29, 1.82) is 0 Å². The van der Waals surface area contributed by atoms with E-state index in [9.17, 15) is 19.2 Å². The molecule has 8 nitrogen and oxygen atoms in total. The van der Waals surface area contributed by atoms with Gasteiger partial charge in [-0.25, -0.2) is 9.59 Å². The van der Waals surface area contributed by atoms with Crippen LogP contribution in [-0.2, 0) is 28.6 Å². The van der Waals surface area contributed by atoms with Crippen molar-refractivity contribution in [2.45, 2.75) is 83.2 Å². The Kier molecular flexibility index (Phi) is 10.6. The molecule has 35 heavy (non-hydrogen) atoms. The van der Waals surface area contributed by atoms with Crippen molar-refractivity contribution in [3.63, 3.8) is 0 Å². The lowest BCUT2D eigenvalue weighted by Gasteiger charge is -2.28. The molecule has 192 valence electrons. The number of rotatable bonds is 13. The molecule has 0 aromatic heterocycles. The number of Topliss-reactive ketones (excluding diaryl/α,β-unsaturated/α-hetero) is 2. The molecule has 0 aromatic rings. The van der Waals surface area contributed by atoms with Crippen molar-refractivity contribution >= 4 is 23.6 Å². The molecule has 0 radical (unpaired) electrons. The summed E-state index contributed by atoms with van der Waals surface area (Å²) < 4.78 is 15.7. The molecule has 2 aliphatic carbocycles. The minimum atomic E-state index is -0.652. The topological polar surface area (TPSA) is 108 Å². The van der Waals surface area contributed by atoms with E-state index < -0.39 is 18.2 Å². The number of amides is 1. The van der Waals surface area contributed by atoms with Gasteiger partial charge in [-0.15, -0.1) is 0 Å². The summed E-state index contributed by atoms with van der Waals surface area (Å²) in [6.45, 7) is 0.304. The highest BCUT2D eigenvalue weighted by atomic mass is 16.6. The molecule has 8 heteroatoms. The summed E-state index contributed by atoms with van der Waals surface area (Å²) in [5, 5.41) is 2.49. The SMILES string of the molecule is COC1=CC2OC(=O)C(NC(=O)OCCCCCCCCCCC3CCC(=O)CC3=O)=CC2C=C1. The second kappa shape index (κ2) is 13.9. The third-order valence-electron chi connectivity index (χ3n) is 6.76. The van der Waals surface area contributed by atoms with Crippen LogP contribution in [0.2, 0.25) is 0 Å². The third-order valence-corrected chi connectivity index (χ3v) is 6.76. The minimum Gasteiger partial charge on any atom is -0.497 e. The Balaban J connectivity index is 1.18. The maximum atomic E-state index is 12.1. The zero-order valence-corrected chi connectivity index (χ0v) is 20.6. The van der Waals surface area contributed by atoms with E-state index in [1.165, 1.54) is 0 Å². The first-order valence-electron chi connectivity index (χ1n) is 12.8. The lowest BCUT2D eigenvalue weighted by Crippen LogP contribution is -2.37. The predicted molar refractivity (Wildman–Crippen MR) is 129 cm³/mol. The summed E-state index contributed by atoms with van der Waals surface area (Å²) in [5.41, 5.74) is 0.0940. The number of ketones is 2. The van der Waals surface area contributed by atoms with Gasteiger partial charge in [-0.05, 0) is 37.5 Å². The van der Waals surface area contributed by atoms with Gasteiger partial charge < -0.3 is 14.2 Å². The highest BCUT2D eigenvalue weighted by Gasteiger charge is 2.32. The molecule has 0 aromatic carbocycles. The smallest absolute Gasteiger partial charge is 0.411 e. The largest absolute Gasteiger partial charge is 0.497 e. The summed E-state index contributed by atoms with van der Waals surface area (Å²) >= 11 is 0. The molecule has 1 amide bonds. The van der Waals surface area contributed by atoms with Gasteiger partial charge in [-0.3, -0.25) is 14.9 Å². The van der Waals surface area contributed by atoms with Gasteiger partial charge in [-0.1, -0.05) is 51.0 Å². The molecule has 0 saturated heterocycles. The van der Waals surface area contributed by atoms with E-state index in [4.69, 9.17) is 14.2 Å². The van der Waals surface area contributed by atoms with Crippen molar-refractivity contribution in [2.24, 2.45) is 11.8 Å². The van der Waals surface area contributed by atoms with Gasteiger partial charge in [0, 0.05) is 18.3 Å². The Morgan fingerprint density at radius 1 is 1.03 bits per heavy atom. The van der Waals surface area contributed by atoms with E-state index >= 15 is 0 Å². The van der Waals surface area contributed by atoms with Gasteiger partial charge >= 0.3 is 12.1 Å². The lowest BCUT2D eigenvalue weighted by molar-refractivity contribution is -0.145. The van der Waals surface area contributed by atoms with E-state index in [0.717, 1.165) is 64.2 Å². The fourth-order valence-corrected chi connectivity index (χ4v) is 4.68. The summed E-state index contributed by atoms with van der Waals surface area (Å²) in [6, 6.07) is 0. The molecule has 0 bridgehead atoms.